The molecule has 3 aromatic rings. The van der Waals surface area contributed by atoms with Gasteiger partial charge in [0, 0.05) is 17.4 Å². The summed E-state index contributed by atoms with van der Waals surface area (Å²) in [7, 11) is 0. The van der Waals surface area contributed by atoms with Gasteiger partial charge in [-0.2, -0.15) is 0 Å². The number of anilines is 1. The van der Waals surface area contributed by atoms with Crippen molar-refractivity contribution in [2.45, 2.75) is 13.5 Å². The predicted octanol–water partition coefficient (Wildman–Crippen LogP) is 3.17. The van der Waals surface area contributed by atoms with Gasteiger partial charge in [-0.15, -0.1) is 0 Å². The summed E-state index contributed by atoms with van der Waals surface area (Å²) in [6, 6.07) is 14.0. The van der Waals surface area contributed by atoms with E-state index in [-0.39, 0.29) is 24.1 Å². The molecule has 0 fully saturated rings. The van der Waals surface area contributed by atoms with Gasteiger partial charge in [-0.05, 0) is 42.8 Å². The lowest BCUT2D eigenvalue weighted by atomic mass is 10.2. The normalized spacial score (nSPS) is 10.3. The molecule has 2 N–H and O–H groups in total. The molecule has 0 atom stereocenters. The highest BCUT2D eigenvalue weighted by molar-refractivity contribution is 6.05. The van der Waals surface area contributed by atoms with E-state index in [0.717, 1.165) is 5.56 Å². The summed E-state index contributed by atoms with van der Waals surface area (Å²) in [4.78, 5) is 28.6. The van der Waals surface area contributed by atoms with Crippen molar-refractivity contribution in [3.63, 3.8) is 0 Å². The van der Waals surface area contributed by atoms with Gasteiger partial charge in [0.1, 0.15) is 11.5 Å². The number of benzene rings is 1. The van der Waals surface area contributed by atoms with Crippen molar-refractivity contribution in [3.8, 4) is 0 Å². The van der Waals surface area contributed by atoms with Crippen LogP contribution in [0.15, 0.2) is 65.4 Å². The van der Waals surface area contributed by atoms with E-state index < -0.39 is 0 Å². The van der Waals surface area contributed by atoms with E-state index in [2.05, 4.69) is 15.6 Å². The van der Waals surface area contributed by atoms with Crippen LogP contribution in [0, 0.1) is 6.92 Å². The summed E-state index contributed by atoms with van der Waals surface area (Å²) < 4.78 is 5.17. The van der Waals surface area contributed by atoms with Crippen molar-refractivity contribution < 1.29 is 14.0 Å². The number of nitrogens with zero attached hydrogens (tertiary/aromatic N) is 1. The van der Waals surface area contributed by atoms with Crippen LogP contribution in [0.25, 0.3) is 0 Å². The molecule has 126 valence electrons. The number of amides is 2. The van der Waals surface area contributed by atoms with Gasteiger partial charge in [-0.3, -0.25) is 14.6 Å². The third-order valence-electron chi connectivity index (χ3n) is 3.65. The predicted molar refractivity (Wildman–Crippen MR) is 93.2 cm³/mol. The van der Waals surface area contributed by atoms with Crippen molar-refractivity contribution in [1.29, 1.82) is 0 Å². The smallest absolute Gasteiger partial charge is 0.274 e. The minimum Gasteiger partial charge on any atom is -0.467 e. The summed E-state index contributed by atoms with van der Waals surface area (Å²) in [6.45, 7) is 2.18. The van der Waals surface area contributed by atoms with Crippen molar-refractivity contribution in [1.82, 2.24) is 10.3 Å². The van der Waals surface area contributed by atoms with Gasteiger partial charge < -0.3 is 15.1 Å². The Balaban J connectivity index is 1.69. The Morgan fingerprint density at radius 2 is 1.92 bits per heavy atom. The van der Waals surface area contributed by atoms with Crippen molar-refractivity contribution in [2.24, 2.45) is 0 Å². The first kappa shape index (κ1) is 16.4. The zero-order valence-corrected chi connectivity index (χ0v) is 13.7. The molecule has 0 spiro atoms. The second kappa shape index (κ2) is 7.44. The molecule has 0 aliphatic carbocycles. The van der Waals surface area contributed by atoms with E-state index in [1.54, 1.807) is 24.5 Å². The van der Waals surface area contributed by atoms with Crippen LogP contribution in [0.5, 0.6) is 0 Å². The number of hydrogen-bond donors (Lipinski definition) is 2. The zero-order chi connectivity index (χ0) is 17.6. The van der Waals surface area contributed by atoms with Gasteiger partial charge in [0.2, 0.25) is 0 Å². The van der Waals surface area contributed by atoms with E-state index in [0.29, 0.717) is 17.0 Å². The first-order chi connectivity index (χ1) is 12.1. The van der Waals surface area contributed by atoms with Crippen LogP contribution >= 0.6 is 0 Å². The number of hydrogen-bond acceptors (Lipinski definition) is 4. The Morgan fingerprint density at radius 3 is 2.68 bits per heavy atom. The highest BCUT2D eigenvalue weighted by Crippen LogP contribution is 2.14. The standard InChI is InChI=1S/C19H17N3O3/c1-13-5-2-3-7-16(13)22-19(24)17-11-14(8-9-20-17)18(23)21-12-15-6-4-10-25-15/h2-11H,12H2,1H3,(H,21,23)(H,22,24). The molecule has 6 heteroatoms. The Hall–Kier alpha value is -3.41. The summed E-state index contributed by atoms with van der Waals surface area (Å²) in [6.07, 6.45) is 2.98. The van der Waals surface area contributed by atoms with E-state index in [1.807, 2.05) is 31.2 Å². The van der Waals surface area contributed by atoms with Gasteiger partial charge >= 0.3 is 0 Å². The maximum absolute atomic E-state index is 12.4. The number of rotatable bonds is 5. The first-order valence-corrected chi connectivity index (χ1v) is 7.77. The molecular weight excluding hydrogens is 318 g/mol. The van der Waals surface area contributed by atoms with Crippen LogP contribution in [0.2, 0.25) is 0 Å². The number of aryl methyl sites for hydroxylation is 1. The number of pyridine rings is 1. The molecule has 0 saturated heterocycles. The SMILES string of the molecule is Cc1ccccc1NC(=O)c1cc(C(=O)NCc2ccco2)ccn1. The third kappa shape index (κ3) is 4.11. The van der Waals surface area contributed by atoms with Crippen LogP contribution in [-0.4, -0.2) is 16.8 Å². The zero-order valence-electron chi connectivity index (χ0n) is 13.7. The molecular formula is C19H17N3O3. The van der Waals surface area contributed by atoms with Crippen molar-refractivity contribution >= 4 is 17.5 Å². The summed E-state index contributed by atoms with van der Waals surface area (Å²) in [5.74, 6) is -0.0151. The molecule has 0 radical (unpaired) electrons. The molecule has 0 saturated carbocycles. The van der Waals surface area contributed by atoms with Crippen molar-refractivity contribution in [3.05, 3.63) is 83.6 Å². The summed E-state index contributed by atoms with van der Waals surface area (Å²) >= 11 is 0. The van der Waals surface area contributed by atoms with Crippen molar-refractivity contribution in [2.75, 3.05) is 5.32 Å². The molecule has 2 amide bonds. The molecule has 2 aromatic heterocycles. The molecule has 25 heavy (non-hydrogen) atoms. The lowest BCUT2D eigenvalue weighted by Gasteiger charge is -2.08. The first-order valence-electron chi connectivity index (χ1n) is 7.77. The van der Waals surface area contributed by atoms with Crippen LogP contribution in [0.4, 0.5) is 5.69 Å². The summed E-state index contributed by atoms with van der Waals surface area (Å²) in [5, 5.41) is 5.53. The van der Waals surface area contributed by atoms with Crippen LogP contribution < -0.4 is 10.6 Å². The molecule has 0 aliphatic rings. The van der Waals surface area contributed by atoms with E-state index in [4.69, 9.17) is 4.42 Å². The molecule has 2 heterocycles. The molecule has 0 bridgehead atoms. The Morgan fingerprint density at radius 1 is 1.08 bits per heavy atom. The van der Waals surface area contributed by atoms with Crippen LogP contribution in [0.3, 0.4) is 0 Å². The number of para-hydroxylation sites is 1. The van der Waals surface area contributed by atoms with Crippen LogP contribution in [-0.2, 0) is 6.54 Å². The topological polar surface area (TPSA) is 84.2 Å². The lowest BCUT2D eigenvalue weighted by Crippen LogP contribution is -2.23. The number of nitrogens with one attached hydrogen (secondary N) is 2. The Labute approximate surface area is 144 Å². The minimum absolute atomic E-state index is 0.175. The van der Waals surface area contributed by atoms with Crippen LogP contribution in [0.1, 0.15) is 32.2 Å². The fourth-order valence-electron chi connectivity index (χ4n) is 2.28. The maximum Gasteiger partial charge on any atom is 0.274 e. The fourth-order valence-corrected chi connectivity index (χ4v) is 2.28. The van der Waals surface area contributed by atoms with E-state index in [1.165, 1.54) is 12.3 Å². The third-order valence-corrected chi connectivity index (χ3v) is 3.65. The second-order valence-electron chi connectivity index (χ2n) is 5.46. The van der Waals surface area contributed by atoms with E-state index in [9.17, 15) is 9.59 Å². The summed E-state index contributed by atoms with van der Waals surface area (Å²) in [5.41, 5.74) is 2.19. The number of carbonyl (C=O) groups excluding carboxylic acids is 2. The number of furan rings is 1. The molecule has 6 nitrogen and oxygen atoms in total. The number of aromatic nitrogens is 1. The van der Waals surface area contributed by atoms with Gasteiger partial charge in [0.25, 0.3) is 11.8 Å². The average Bonchev–Trinajstić information content (AvgIpc) is 3.15. The van der Waals surface area contributed by atoms with Gasteiger partial charge in [-0.1, -0.05) is 18.2 Å². The minimum atomic E-state index is -0.366. The van der Waals surface area contributed by atoms with E-state index >= 15 is 0 Å². The fraction of sp³-hybridized carbons (Fsp3) is 0.105. The van der Waals surface area contributed by atoms with Gasteiger partial charge in [0.05, 0.1) is 12.8 Å². The second-order valence-corrected chi connectivity index (χ2v) is 5.46. The molecule has 0 aliphatic heterocycles. The highest BCUT2D eigenvalue weighted by atomic mass is 16.3. The van der Waals surface area contributed by atoms with Gasteiger partial charge in [0.15, 0.2) is 0 Å². The molecule has 0 unspecified atom stereocenters. The largest absolute Gasteiger partial charge is 0.467 e. The lowest BCUT2D eigenvalue weighted by molar-refractivity contribution is 0.0948. The van der Waals surface area contributed by atoms with Gasteiger partial charge in [-0.25, -0.2) is 0 Å². The highest BCUT2D eigenvalue weighted by Gasteiger charge is 2.13. The quantitative estimate of drug-likeness (QED) is 0.750. The monoisotopic (exact) mass is 335 g/mol. The Kier molecular flexibility index (Phi) is 4.89. The number of carbonyl (C=O) groups is 2. The average molecular weight is 335 g/mol. The molecule has 3 rings (SSSR count). The molecule has 1 aromatic carbocycles. The Bertz CT molecular complexity index is 888. The maximum atomic E-state index is 12.4.